The first-order valence-electron chi connectivity index (χ1n) is 7.80. The third kappa shape index (κ3) is 1.65. The minimum Gasteiger partial charge on any atom is -0.341 e. The molecule has 3 unspecified atom stereocenters. The fourth-order valence-corrected chi connectivity index (χ4v) is 3.98. The average Bonchev–Trinajstić information content (AvgIpc) is 3.38. The summed E-state index contributed by atoms with van der Waals surface area (Å²) < 4.78 is 0. The van der Waals surface area contributed by atoms with Gasteiger partial charge >= 0.3 is 0 Å². The summed E-state index contributed by atoms with van der Waals surface area (Å²) in [6.07, 6.45) is 4.36. The third-order valence-corrected chi connectivity index (χ3v) is 5.46. The number of carbonyl (C=O) groups excluding carboxylic acids is 1. The van der Waals surface area contributed by atoms with Crippen molar-refractivity contribution in [2.45, 2.75) is 31.2 Å². The van der Waals surface area contributed by atoms with Crippen molar-refractivity contribution in [3.8, 4) is 0 Å². The van der Waals surface area contributed by atoms with Gasteiger partial charge in [0.05, 0.1) is 11.3 Å². The van der Waals surface area contributed by atoms with Crippen LogP contribution in [0.4, 0.5) is 0 Å². The molecule has 1 amide bonds. The molecule has 0 aromatic heterocycles. The molecule has 4 nitrogen and oxygen atoms in total. The molecule has 1 aromatic carbocycles. The minimum atomic E-state index is -0.162. The molecule has 3 saturated carbocycles. The number of hydrogen-bond acceptors (Lipinski definition) is 3. The lowest BCUT2D eigenvalue weighted by atomic mass is 9.95. The van der Waals surface area contributed by atoms with Gasteiger partial charge in [-0.1, -0.05) is 30.3 Å². The zero-order valence-electron chi connectivity index (χ0n) is 11.7. The molecule has 5 rings (SSSR count). The molecule has 0 spiro atoms. The maximum atomic E-state index is 12.6. The lowest BCUT2D eigenvalue weighted by molar-refractivity contribution is -0.116. The molecule has 21 heavy (non-hydrogen) atoms. The first-order valence-corrected chi connectivity index (χ1v) is 7.80. The fraction of sp³-hybridized carbons (Fsp3) is 0.471. The van der Waals surface area contributed by atoms with E-state index >= 15 is 0 Å². The Kier molecular flexibility index (Phi) is 2.12. The van der Waals surface area contributed by atoms with Crippen LogP contribution in [0.5, 0.6) is 0 Å². The Morgan fingerprint density at radius 1 is 1.14 bits per heavy atom. The normalized spacial score (nSPS) is 33.6. The number of benzene rings is 1. The number of hydrogen-bond donors (Lipinski definition) is 1. The van der Waals surface area contributed by atoms with E-state index in [-0.39, 0.29) is 17.4 Å². The van der Waals surface area contributed by atoms with E-state index in [1.54, 1.807) is 0 Å². The van der Waals surface area contributed by atoms with E-state index in [1.807, 2.05) is 18.2 Å². The van der Waals surface area contributed by atoms with Gasteiger partial charge in [-0.2, -0.15) is 5.10 Å². The van der Waals surface area contributed by atoms with Gasteiger partial charge in [0.1, 0.15) is 5.71 Å². The van der Waals surface area contributed by atoms with Crippen LogP contribution in [0.25, 0.3) is 0 Å². The third-order valence-electron chi connectivity index (χ3n) is 5.46. The van der Waals surface area contributed by atoms with E-state index in [4.69, 9.17) is 0 Å². The van der Waals surface area contributed by atoms with Gasteiger partial charge in [-0.15, -0.1) is 5.10 Å². The molecule has 0 bridgehead atoms. The van der Waals surface area contributed by atoms with Gasteiger partial charge in [-0.25, -0.2) is 0 Å². The molecule has 1 aromatic rings. The molecule has 1 heterocycles. The lowest BCUT2D eigenvalue weighted by Crippen LogP contribution is -2.42. The van der Waals surface area contributed by atoms with Gasteiger partial charge in [-0.3, -0.25) is 4.79 Å². The topological polar surface area (TPSA) is 53.8 Å². The highest BCUT2D eigenvalue weighted by Crippen LogP contribution is 2.54. The summed E-state index contributed by atoms with van der Waals surface area (Å²) in [5.41, 5.74) is 2.87. The van der Waals surface area contributed by atoms with Crippen molar-refractivity contribution in [3.63, 3.8) is 0 Å². The molecule has 3 atom stereocenters. The largest absolute Gasteiger partial charge is 0.341 e. The van der Waals surface area contributed by atoms with Crippen molar-refractivity contribution in [2.75, 3.05) is 0 Å². The van der Waals surface area contributed by atoms with Gasteiger partial charge in [0.15, 0.2) is 0 Å². The molecule has 4 aliphatic rings. The number of rotatable bonds is 3. The summed E-state index contributed by atoms with van der Waals surface area (Å²) in [4.78, 5) is 12.6. The van der Waals surface area contributed by atoms with E-state index in [0.717, 1.165) is 25.2 Å². The first-order chi connectivity index (χ1) is 10.3. The van der Waals surface area contributed by atoms with Crippen molar-refractivity contribution < 1.29 is 4.79 Å². The Hall–Kier alpha value is -1.97. The number of amides is 1. The minimum absolute atomic E-state index is 0.0126. The summed E-state index contributed by atoms with van der Waals surface area (Å²) in [7, 11) is 0. The second-order valence-electron chi connectivity index (χ2n) is 6.80. The highest BCUT2D eigenvalue weighted by molar-refractivity contribution is 6.45. The molecule has 1 N–H and O–H groups in total. The number of nitrogens with zero attached hydrogens (tertiary/aromatic N) is 2. The highest BCUT2D eigenvalue weighted by Gasteiger charge is 2.56. The molecule has 106 valence electrons. The number of carbonyl (C=O) groups is 1. The van der Waals surface area contributed by atoms with Gasteiger partial charge in [0.2, 0.25) is 0 Å². The van der Waals surface area contributed by atoms with E-state index in [1.165, 1.54) is 17.7 Å². The number of fused-ring (bicyclic) bond motifs is 3. The Morgan fingerprint density at radius 2 is 1.95 bits per heavy atom. The summed E-state index contributed by atoms with van der Waals surface area (Å²) >= 11 is 0. The van der Waals surface area contributed by atoms with Crippen molar-refractivity contribution in [1.82, 2.24) is 5.32 Å². The van der Waals surface area contributed by atoms with Crippen LogP contribution < -0.4 is 5.32 Å². The fourth-order valence-electron chi connectivity index (χ4n) is 3.98. The zero-order chi connectivity index (χ0) is 14.0. The maximum Gasteiger partial charge on any atom is 0.268 e. The Labute approximate surface area is 123 Å². The van der Waals surface area contributed by atoms with Crippen LogP contribution in [0.3, 0.4) is 0 Å². The average molecular weight is 279 g/mol. The maximum absolute atomic E-state index is 12.6. The molecule has 0 saturated heterocycles. The second kappa shape index (κ2) is 3.81. The molecule has 0 radical (unpaired) electrons. The Balaban J connectivity index is 1.35. The summed E-state index contributed by atoms with van der Waals surface area (Å²) in [6, 6.07) is 10.3. The molecule has 1 aliphatic heterocycles. The first kappa shape index (κ1) is 11.7. The van der Waals surface area contributed by atoms with Crippen LogP contribution in [0, 0.1) is 17.8 Å². The molecule has 3 fully saturated rings. The summed E-state index contributed by atoms with van der Waals surface area (Å²) in [6.45, 7) is 0. The van der Waals surface area contributed by atoms with Crippen molar-refractivity contribution in [3.05, 3.63) is 35.9 Å². The predicted molar refractivity (Wildman–Crippen MR) is 80.1 cm³/mol. The van der Waals surface area contributed by atoms with E-state index in [2.05, 4.69) is 27.7 Å². The Bertz CT molecular complexity index is 687. The van der Waals surface area contributed by atoms with Crippen LogP contribution in [-0.2, 0) is 10.3 Å². The van der Waals surface area contributed by atoms with Crippen LogP contribution in [0.2, 0.25) is 0 Å². The van der Waals surface area contributed by atoms with Crippen molar-refractivity contribution >= 4 is 17.3 Å². The van der Waals surface area contributed by atoms with Crippen LogP contribution >= 0.6 is 0 Å². The van der Waals surface area contributed by atoms with Crippen LogP contribution in [0.15, 0.2) is 40.5 Å². The molecule has 3 aliphatic carbocycles. The Morgan fingerprint density at radius 3 is 2.71 bits per heavy atom. The summed E-state index contributed by atoms with van der Waals surface area (Å²) in [5.74, 6) is 1.60. The SMILES string of the molecule is O=C(NC1(c2ccccc2)CC1)C1=NN=C2C1CC1CC21. The molecular weight excluding hydrogens is 262 g/mol. The van der Waals surface area contributed by atoms with Gasteiger partial charge in [-0.05, 0) is 37.2 Å². The zero-order valence-corrected chi connectivity index (χ0v) is 11.7. The van der Waals surface area contributed by atoms with Crippen molar-refractivity contribution in [1.29, 1.82) is 0 Å². The summed E-state index contributed by atoms with van der Waals surface area (Å²) in [5, 5.41) is 11.7. The van der Waals surface area contributed by atoms with Gasteiger partial charge in [0.25, 0.3) is 5.91 Å². The predicted octanol–water partition coefficient (Wildman–Crippen LogP) is 2.26. The van der Waals surface area contributed by atoms with Crippen LogP contribution in [-0.4, -0.2) is 17.3 Å². The quantitative estimate of drug-likeness (QED) is 0.906. The lowest BCUT2D eigenvalue weighted by Gasteiger charge is -2.19. The van der Waals surface area contributed by atoms with E-state index < -0.39 is 0 Å². The second-order valence-corrected chi connectivity index (χ2v) is 6.80. The van der Waals surface area contributed by atoms with Gasteiger partial charge in [0, 0.05) is 11.8 Å². The van der Waals surface area contributed by atoms with E-state index in [0.29, 0.717) is 11.6 Å². The monoisotopic (exact) mass is 279 g/mol. The standard InChI is InChI=1S/C17H17N3O/c21-16(15-13-9-10-8-12(10)14(13)19-20-15)18-17(6-7-17)11-4-2-1-3-5-11/h1-5,10,12-13H,6-9H2,(H,18,21). The van der Waals surface area contributed by atoms with Crippen molar-refractivity contribution in [2.24, 2.45) is 28.0 Å². The van der Waals surface area contributed by atoms with Crippen LogP contribution in [0.1, 0.15) is 31.2 Å². The van der Waals surface area contributed by atoms with E-state index in [9.17, 15) is 4.79 Å². The smallest absolute Gasteiger partial charge is 0.268 e. The van der Waals surface area contributed by atoms with Gasteiger partial charge < -0.3 is 5.32 Å². The highest BCUT2D eigenvalue weighted by atomic mass is 16.2. The molecule has 4 heteroatoms. The molecular formula is C17H17N3O. The number of nitrogens with one attached hydrogen (secondary N) is 1.